The Bertz CT molecular complexity index is 290. The monoisotopic (exact) mass is 362 g/mol. The van der Waals surface area contributed by atoms with Crippen molar-refractivity contribution in [2.75, 3.05) is 33.5 Å². The molecule has 1 saturated heterocycles. The summed E-state index contributed by atoms with van der Waals surface area (Å²) in [5.74, 6) is 0. The third-order valence-corrected chi connectivity index (χ3v) is 4.43. The zero-order valence-corrected chi connectivity index (χ0v) is 16.4. The minimum Gasteiger partial charge on any atom is -0.394 e. The zero-order chi connectivity index (χ0) is 18.5. The average molecular weight is 363 g/mol. The van der Waals surface area contributed by atoms with Gasteiger partial charge in [-0.1, -0.05) is 40.0 Å². The van der Waals surface area contributed by atoms with Crippen LogP contribution in [-0.4, -0.2) is 69.3 Å². The summed E-state index contributed by atoms with van der Waals surface area (Å²) < 4.78 is 29.7. The maximum Gasteiger partial charge on any atom is 0.186 e. The highest BCUT2D eigenvalue weighted by Gasteiger charge is 2.48. The molecule has 1 aliphatic heterocycles. The second-order valence-corrected chi connectivity index (χ2v) is 6.53. The van der Waals surface area contributed by atoms with Crippen molar-refractivity contribution in [1.29, 1.82) is 0 Å². The maximum atomic E-state index is 9.76. The Hall–Kier alpha value is -0.240. The van der Waals surface area contributed by atoms with Crippen LogP contribution in [0.2, 0.25) is 0 Å². The van der Waals surface area contributed by atoms with Crippen LogP contribution in [0.5, 0.6) is 0 Å². The first-order chi connectivity index (χ1) is 12.2. The van der Waals surface area contributed by atoms with Crippen LogP contribution < -0.4 is 0 Å². The minimum atomic E-state index is -0.563. The molecular formula is C19H38O6. The maximum absolute atomic E-state index is 9.76. The number of hydrogen-bond donors (Lipinski definition) is 1. The SMILES string of the molecule is CCCCOC1C(CO)OC(OC)C(OCCCC)C1OCCCC. The second-order valence-electron chi connectivity index (χ2n) is 6.53. The molecule has 6 heteroatoms. The van der Waals surface area contributed by atoms with E-state index in [-0.39, 0.29) is 24.9 Å². The summed E-state index contributed by atoms with van der Waals surface area (Å²) in [5.41, 5.74) is 0. The first kappa shape index (κ1) is 22.8. The largest absolute Gasteiger partial charge is 0.394 e. The number of aliphatic hydroxyl groups excluding tert-OH is 1. The van der Waals surface area contributed by atoms with Crippen LogP contribution in [0.25, 0.3) is 0 Å². The molecule has 1 aliphatic rings. The van der Waals surface area contributed by atoms with E-state index in [0.29, 0.717) is 19.8 Å². The Morgan fingerprint density at radius 3 is 1.68 bits per heavy atom. The molecule has 5 atom stereocenters. The van der Waals surface area contributed by atoms with Gasteiger partial charge in [-0.3, -0.25) is 0 Å². The van der Waals surface area contributed by atoms with Crippen molar-refractivity contribution in [3.63, 3.8) is 0 Å². The molecule has 25 heavy (non-hydrogen) atoms. The summed E-state index contributed by atoms with van der Waals surface area (Å²) in [4.78, 5) is 0. The van der Waals surface area contributed by atoms with E-state index >= 15 is 0 Å². The van der Waals surface area contributed by atoms with E-state index < -0.39 is 12.4 Å². The zero-order valence-electron chi connectivity index (χ0n) is 16.4. The minimum absolute atomic E-state index is 0.133. The highest BCUT2D eigenvalue weighted by molar-refractivity contribution is 4.92. The summed E-state index contributed by atoms with van der Waals surface area (Å²) in [6.07, 6.45) is 4.02. The normalized spacial score (nSPS) is 29.9. The van der Waals surface area contributed by atoms with Crippen LogP contribution in [0.1, 0.15) is 59.3 Å². The van der Waals surface area contributed by atoms with E-state index in [4.69, 9.17) is 23.7 Å². The third kappa shape index (κ3) is 7.49. The van der Waals surface area contributed by atoms with Crippen molar-refractivity contribution in [1.82, 2.24) is 0 Å². The van der Waals surface area contributed by atoms with Crippen molar-refractivity contribution < 1.29 is 28.8 Å². The van der Waals surface area contributed by atoms with Gasteiger partial charge in [-0.2, -0.15) is 0 Å². The molecule has 0 saturated carbocycles. The van der Waals surface area contributed by atoms with Crippen LogP contribution in [-0.2, 0) is 23.7 Å². The highest BCUT2D eigenvalue weighted by atomic mass is 16.7. The van der Waals surface area contributed by atoms with Crippen LogP contribution in [0, 0.1) is 0 Å². The molecule has 0 radical (unpaired) electrons. The van der Waals surface area contributed by atoms with Gasteiger partial charge in [0, 0.05) is 26.9 Å². The Labute approximate surface area is 153 Å². The first-order valence-electron chi connectivity index (χ1n) is 9.87. The number of unbranched alkanes of at least 4 members (excludes halogenated alkanes) is 3. The lowest BCUT2D eigenvalue weighted by atomic mass is 9.98. The van der Waals surface area contributed by atoms with Gasteiger partial charge in [-0.05, 0) is 19.3 Å². The Balaban J connectivity index is 2.87. The van der Waals surface area contributed by atoms with Crippen LogP contribution in [0.15, 0.2) is 0 Å². The fourth-order valence-electron chi connectivity index (χ4n) is 2.87. The van der Waals surface area contributed by atoms with E-state index in [1.165, 1.54) is 0 Å². The van der Waals surface area contributed by atoms with E-state index in [2.05, 4.69) is 20.8 Å². The Kier molecular flexibility index (Phi) is 12.7. The number of rotatable bonds is 14. The van der Waals surface area contributed by atoms with Gasteiger partial charge in [0.15, 0.2) is 6.29 Å². The quantitative estimate of drug-likeness (QED) is 0.479. The van der Waals surface area contributed by atoms with Gasteiger partial charge in [-0.15, -0.1) is 0 Å². The summed E-state index contributed by atoms with van der Waals surface area (Å²) in [7, 11) is 1.59. The fraction of sp³-hybridized carbons (Fsp3) is 1.00. The van der Waals surface area contributed by atoms with E-state index in [0.717, 1.165) is 38.5 Å². The molecule has 0 spiro atoms. The molecule has 0 aliphatic carbocycles. The standard InChI is InChI=1S/C19H38O6/c1-5-8-11-22-16-15(14-20)25-19(21-4)18(24-13-10-7-3)17(16)23-12-9-6-2/h15-20H,5-14H2,1-4H3. The molecule has 0 bridgehead atoms. The number of aliphatic hydroxyl groups is 1. The fourth-order valence-corrected chi connectivity index (χ4v) is 2.87. The molecule has 150 valence electrons. The van der Waals surface area contributed by atoms with Crippen molar-refractivity contribution in [3.05, 3.63) is 0 Å². The summed E-state index contributed by atoms with van der Waals surface area (Å²) >= 11 is 0. The van der Waals surface area contributed by atoms with Gasteiger partial charge in [0.1, 0.15) is 24.4 Å². The van der Waals surface area contributed by atoms with Crippen molar-refractivity contribution in [3.8, 4) is 0 Å². The average Bonchev–Trinajstić information content (AvgIpc) is 2.63. The topological polar surface area (TPSA) is 66.4 Å². The van der Waals surface area contributed by atoms with Crippen LogP contribution >= 0.6 is 0 Å². The van der Waals surface area contributed by atoms with Crippen LogP contribution in [0.4, 0.5) is 0 Å². The Morgan fingerprint density at radius 1 is 0.760 bits per heavy atom. The molecule has 5 unspecified atom stereocenters. The molecule has 1 rings (SSSR count). The Morgan fingerprint density at radius 2 is 1.24 bits per heavy atom. The lowest BCUT2D eigenvalue weighted by molar-refractivity contribution is -0.316. The van der Waals surface area contributed by atoms with Crippen molar-refractivity contribution in [2.24, 2.45) is 0 Å². The molecule has 1 heterocycles. The molecule has 0 aromatic carbocycles. The predicted molar refractivity (Wildman–Crippen MR) is 96.7 cm³/mol. The smallest absolute Gasteiger partial charge is 0.186 e. The first-order valence-corrected chi connectivity index (χ1v) is 9.87. The van der Waals surface area contributed by atoms with E-state index in [1.807, 2.05) is 0 Å². The third-order valence-electron chi connectivity index (χ3n) is 4.43. The van der Waals surface area contributed by atoms with Gasteiger partial charge in [0.2, 0.25) is 0 Å². The van der Waals surface area contributed by atoms with Gasteiger partial charge in [0.05, 0.1) is 6.61 Å². The lowest BCUT2D eigenvalue weighted by Gasteiger charge is -2.45. The molecule has 0 amide bonds. The molecule has 0 aromatic rings. The van der Waals surface area contributed by atoms with E-state index in [9.17, 15) is 5.11 Å². The van der Waals surface area contributed by atoms with Crippen LogP contribution in [0.3, 0.4) is 0 Å². The molecule has 1 fully saturated rings. The van der Waals surface area contributed by atoms with Crippen molar-refractivity contribution in [2.45, 2.75) is 90.0 Å². The number of methoxy groups -OCH3 is 1. The molecule has 0 aromatic heterocycles. The molecule has 6 nitrogen and oxygen atoms in total. The second kappa shape index (κ2) is 13.9. The van der Waals surface area contributed by atoms with Crippen molar-refractivity contribution >= 4 is 0 Å². The highest BCUT2D eigenvalue weighted by Crippen LogP contribution is 2.29. The van der Waals surface area contributed by atoms with Gasteiger partial charge < -0.3 is 28.8 Å². The molecule has 1 N–H and O–H groups in total. The summed E-state index contributed by atoms with van der Waals surface area (Å²) in [6, 6.07) is 0. The van der Waals surface area contributed by atoms with E-state index in [1.54, 1.807) is 7.11 Å². The molecular weight excluding hydrogens is 324 g/mol. The summed E-state index contributed by atoms with van der Waals surface area (Å²) in [5, 5.41) is 9.76. The van der Waals surface area contributed by atoms with Gasteiger partial charge in [0.25, 0.3) is 0 Å². The number of ether oxygens (including phenoxy) is 5. The van der Waals surface area contributed by atoms with Gasteiger partial charge in [-0.25, -0.2) is 0 Å². The predicted octanol–water partition coefficient (Wildman–Crippen LogP) is 2.91. The summed E-state index contributed by atoms with van der Waals surface area (Å²) in [6.45, 7) is 8.13. The number of hydrogen-bond acceptors (Lipinski definition) is 6. The van der Waals surface area contributed by atoms with Gasteiger partial charge >= 0.3 is 0 Å². The lowest BCUT2D eigenvalue weighted by Crippen LogP contribution is -2.61.